The van der Waals surface area contributed by atoms with Gasteiger partial charge in [-0.3, -0.25) is 0 Å². The Morgan fingerprint density at radius 2 is 1.14 bits per heavy atom. The molecule has 5 nitrogen and oxygen atoms in total. The summed E-state index contributed by atoms with van der Waals surface area (Å²) in [6.45, 7) is 32.2. The predicted molar refractivity (Wildman–Crippen MR) is 298 cm³/mol. The molecule has 0 spiro atoms. The summed E-state index contributed by atoms with van der Waals surface area (Å²) < 4.78 is 10.5. The van der Waals surface area contributed by atoms with Crippen molar-refractivity contribution in [1.82, 2.24) is 18.7 Å². The minimum absolute atomic E-state index is 0. The first-order chi connectivity index (χ1) is 33.9. The van der Waals surface area contributed by atoms with E-state index in [9.17, 15) is 0 Å². The van der Waals surface area contributed by atoms with E-state index in [1.807, 2.05) is 6.20 Å². The quantitative estimate of drug-likeness (QED) is 0.0733. The number of para-hydroxylation sites is 1. The summed E-state index contributed by atoms with van der Waals surface area (Å²) in [4.78, 5) is 4.95. The van der Waals surface area contributed by atoms with Crippen LogP contribution in [0.1, 0.15) is 139 Å². The Hall–Kier alpha value is -6.10. The van der Waals surface area contributed by atoms with Crippen LogP contribution in [0.3, 0.4) is 0 Å². The van der Waals surface area contributed by atoms with E-state index >= 15 is 0 Å². The number of aromatic nitrogens is 2. The van der Waals surface area contributed by atoms with Crippen LogP contribution in [0, 0.1) is 32.6 Å². The number of benzene rings is 7. The molecule has 1 saturated heterocycles. The maximum absolute atomic E-state index is 7.18. The second-order valence-electron chi connectivity index (χ2n) is 22.5. The Kier molecular flexibility index (Phi) is 12.5. The SMILES string of the molecule is Cc1cc2c(cc1C)[N@@+]1(c3cccc(-c4c(C(C)C)cccc4C(C)C)c3)[CH-][N+]21c1[c-]c(Oc2[c-]c3c(cc2)c2ccccc2n3-c2cc(C(C)(C)C)ccn2)cc(-c2c(C(C)C)cccc2C(C)C)c1.[Pt]. The third-order valence-corrected chi connectivity index (χ3v) is 15.5. The molecule has 11 rings (SSSR count). The molecule has 7 aromatic carbocycles. The summed E-state index contributed by atoms with van der Waals surface area (Å²) in [6, 6.07) is 57.4. The average Bonchev–Trinajstić information content (AvgIpc) is 3.86. The van der Waals surface area contributed by atoms with Gasteiger partial charge in [-0.05, 0) is 122 Å². The first-order valence-corrected chi connectivity index (χ1v) is 25.8. The topological polar surface area (TPSA) is 27.1 Å². The monoisotopic (exact) mass is 1130 g/mol. The number of rotatable bonds is 11. The van der Waals surface area contributed by atoms with E-state index in [1.165, 1.54) is 72.7 Å². The Morgan fingerprint density at radius 3 is 1.75 bits per heavy atom. The first kappa shape index (κ1) is 49.5. The fourth-order valence-corrected chi connectivity index (χ4v) is 11.6. The van der Waals surface area contributed by atoms with Crippen LogP contribution < -0.4 is 13.9 Å². The van der Waals surface area contributed by atoms with Gasteiger partial charge in [0.15, 0.2) is 12.4 Å². The summed E-state index contributed by atoms with van der Waals surface area (Å²) in [5.41, 5.74) is 21.0. The smallest absolute Gasteiger partial charge is 0.225 e. The van der Waals surface area contributed by atoms with E-state index in [2.05, 4.69) is 247 Å². The second-order valence-corrected chi connectivity index (χ2v) is 22.5. The van der Waals surface area contributed by atoms with E-state index in [0.29, 0.717) is 44.4 Å². The van der Waals surface area contributed by atoms with Gasteiger partial charge in [-0.2, -0.15) is 10.7 Å². The molecule has 1 unspecified atom stereocenters. The van der Waals surface area contributed by atoms with E-state index in [-0.39, 0.29) is 26.5 Å². The molecule has 6 heteroatoms. The van der Waals surface area contributed by atoms with Crippen LogP contribution in [0.2, 0.25) is 0 Å². The van der Waals surface area contributed by atoms with Crippen molar-refractivity contribution in [3.63, 3.8) is 0 Å². The van der Waals surface area contributed by atoms with Crippen molar-refractivity contribution in [1.29, 1.82) is 0 Å². The minimum atomic E-state index is -0.0400. The Bertz CT molecular complexity index is 3540. The van der Waals surface area contributed by atoms with Crippen LogP contribution in [0.5, 0.6) is 11.5 Å². The molecule has 0 saturated carbocycles. The number of aryl methyl sites for hydroxylation is 2. The third-order valence-electron chi connectivity index (χ3n) is 15.5. The van der Waals surface area contributed by atoms with E-state index < -0.39 is 0 Å². The van der Waals surface area contributed by atoms with E-state index in [1.54, 1.807) is 0 Å². The van der Waals surface area contributed by atoms with Gasteiger partial charge in [-0.15, -0.1) is 29.1 Å². The molecule has 368 valence electrons. The largest absolute Gasteiger partial charge is 0.509 e. The molecule has 4 heterocycles. The average molecular weight is 1130 g/mol. The van der Waals surface area contributed by atoms with Crippen molar-refractivity contribution < 1.29 is 25.8 Å². The number of ether oxygens (including phenoxy) is 1. The summed E-state index contributed by atoms with van der Waals surface area (Å²) in [5, 5.41) is 2.25. The van der Waals surface area contributed by atoms with Crippen molar-refractivity contribution in [2.24, 2.45) is 0 Å². The van der Waals surface area contributed by atoms with Crippen LogP contribution in [0.25, 0.3) is 49.9 Å². The molecule has 2 atom stereocenters. The molecule has 2 aromatic heterocycles. The number of fused-ring (bicyclic) bond motifs is 7. The van der Waals surface area contributed by atoms with Crippen molar-refractivity contribution in [3.8, 4) is 39.6 Å². The normalized spacial score (nSPS) is 17.1. The molecule has 9 aromatic rings. The second kappa shape index (κ2) is 18.1. The van der Waals surface area contributed by atoms with Gasteiger partial charge >= 0.3 is 0 Å². The maximum atomic E-state index is 7.18. The maximum Gasteiger partial charge on any atom is 0.225 e. The molecule has 0 aliphatic carbocycles. The van der Waals surface area contributed by atoms with Crippen LogP contribution in [0.4, 0.5) is 22.7 Å². The minimum Gasteiger partial charge on any atom is -0.509 e. The van der Waals surface area contributed by atoms with Crippen molar-refractivity contribution >= 4 is 44.6 Å². The fourth-order valence-electron chi connectivity index (χ4n) is 11.6. The number of pyridine rings is 1. The summed E-state index contributed by atoms with van der Waals surface area (Å²) in [7, 11) is 0. The van der Waals surface area contributed by atoms with E-state index in [0.717, 1.165) is 38.9 Å². The number of hydrogen-bond acceptors (Lipinski definition) is 2. The Morgan fingerprint density at radius 1 is 0.556 bits per heavy atom. The third kappa shape index (κ3) is 7.72. The van der Waals surface area contributed by atoms with Crippen molar-refractivity contribution in [2.75, 3.05) is 0 Å². The van der Waals surface area contributed by atoms with Crippen LogP contribution in [-0.4, -0.2) is 9.55 Å². The molecule has 72 heavy (non-hydrogen) atoms. The van der Waals surface area contributed by atoms with Crippen LogP contribution >= 0.6 is 0 Å². The standard InChI is InChI=1S/C66H67N4O.Pt/c1-40(2)53-22-17-23-54(41(3)4)64(53)46-19-16-20-49(33-46)69-39-70(69,62-32-45(10)44(9)31-61(62)69)50-34-47(65-55(42(5)6)24-18-25-56(65)43(7)8)35-52(37-50)71-51-27-28-58-57-21-14-15-26-59(57)68(60(58)38-51)63-36-48(29-30-67-63)66(11,12)13;/h14-36,39-43H,1-13H3;/q-1;/t69-,70?;/m0./s1. The summed E-state index contributed by atoms with van der Waals surface area (Å²) >= 11 is 0. The predicted octanol–water partition coefficient (Wildman–Crippen LogP) is 18.7. The van der Waals surface area contributed by atoms with Crippen LogP contribution in [0.15, 0.2) is 140 Å². The molecule has 0 bridgehead atoms. The fraction of sp³-hybridized carbons (Fsp3) is 0.273. The number of hydrogen-bond donors (Lipinski definition) is 0. The van der Waals surface area contributed by atoms with Gasteiger partial charge in [-0.1, -0.05) is 161 Å². The molecule has 1 fully saturated rings. The van der Waals surface area contributed by atoms with Gasteiger partial charge in [0.1, 0.15) is 5.82 Å². The molecule has 0 amide bonds. The Labute approximate surface area is 442 Å². The van der Waals surface area contributed by atoms with Gasteiger partial charge < -0.3 is 9.30 Å². The van der Waals surface area contributed by atoms with Gasteiger partial charge in [0.25, 0.3) is 0 Å². The molecule has 2 aliphatic rings. The molecule has 0 N–H and O–H groups in total. The van der Waals surface area contributed by atoms with Crippen LogP contribution in [-0.2, 0) is 26.5 Å². The number of quaternary nitrogens is 2. The zero-order valence-electron chi connectivity index (χ0n) is 44.2. The van der Waals surface area contributed by atoms with Gasteiger partial charge in [0.05, 0.1) is 5.69 Å². The molecular weight excluding hydrogens is 1060 g/mol. The zero-order chi connectivity index (χ0) is 49.9. The van der Waals surface area contributed by atoms with Gasteiger partial charge in [0, 0.05) is 68.5 Å². The van der Waals surface area contributed by atoms with Gasteiger partial charge in [0.2, 0.25) is 11.4 Å². The molecular formula is C66H67N4OPt-. The summed E-state index contributed by atoms with van der Waals surface area (Å²) in [6.07, 6.45) is 1.93. The van der Waals surface area contributed by atoms with Crippen molar-refractivity contribution in [3.05, 3.63) is 197 Å². The zero-order valence-corrected chi connectivity index (χ0v) is 46.5. The molecule has 2 aliphatic heterocycles. The molecule has 0 radical (unpaired) electrons. The number of nitrogens with zero attached hydrogens (tertiary/aromatic N) is 4. The first-order valence-electron chi connectivity index (χ1n) is 25.8. The Balaban J connectivity index is 0.00000596. The van der Waals surface area contributed by atoms with E-state index in [4.69, 9.17) is 9.72 Å². The van der Waals surface area contributed by atoms with Crippen molar-refractivity contribution in [2.45, 2.75) is 119 Å². The summed E-state index contributed by atoms with van der Waals surface area (Å²) in [5.74, 6) is 3.52. The van der Waals surface area contributed by atoms with Gasteiger partial charge in [-0.25, -0.2) is 9.58 Å².